The van der Waals surface area contributed by atoms with Crippen LogP contribution in [-0.4, -0.2) is 39.7 Å². The number of nitrogens with one attached hydrogen (secondary N) is 1. The van der Waals surface area contributed by atoms with Crippen molar-refractivity contribution >= 4 is 17.1 Å². The van der Waals surface area contributed by atoms with E-state index in [1.165, 1.54) is 16.2 Å². The summed E-state index contributed by atoms with van der Waals surface area (Å²) in [6.45, 7) is 4.23. The molecule has 5 rings (SSSR count). The molecule has 12 heteroatoms. The number of rotatable bonds is 6. The molecular formula is C28H26F3N7O2. The Morgan fingerprint density at radius 3 is 2.30 bits per heavy atom. The van der Waals surface area contributed by atoms with Crippen molar-refractivity contribution in [2.45, 2.75) is 32.5 Å². The molecule has 3 aromatic heterocycles. The lowest BCUT2D eigenvalue weighted by Gasteiger charge is -2.13. The fourth-order valence-corrected chi connectivity index (χ4v) is 4.76. The van der Waals surface area contributed by atoms with Crippen LogP contribution in [0, 0.1) is 5.41 Å². The van der Waals surface area contributed by atoms with Gasteiger partial charge in [-0.3, -0.25) is 9.98 Å². The molecule has 0 amide bonds. The van der Waals surface area contributed by atoms with Crippen LogP contribution in [0.15, 0.2) is 54.7 Å². The van der Waals surface area contributed by atoms with Crippen LogP contribution in [-0.2, 0) is 26.8 Å². The van der Waals surface area contributed by atoms with Gasteiger partial charge in [-0.1, -0.05) is 62.4 Å². The molecule has 0 bridgehead atoms. The molecule has 2 N–H and O–H groups in total. The number of nitrogens with zero attached hydrogens (tertiary/aromatic N) is 6. The van der Waals surface area contributed by atoms with Crippen LogP contribution in [0.3, 0.4) is 0 Å². The maximum atomic E-state index is 13.1. The molecule has 0 fully saturated rings. The Morgan fingerprint density at radius 1 is 1.02 bits per heavy atom. The van der Waals surface area contributed by atoms with Gasteiger partial charge in [-0.2, -0.15) is 13.2 Å². The summed E-state index contributed by atoms with van der Waals surface area (Å²) in [5.74, 6) is -0.673. The number of carbonyl (C=O) groups is 1. The van der Waals surface area contributed by atoms with Crippen molar-refractivity contribution in [2.75, 3.05) is 0 Å². The zero-order valence-electron chi connectivity index (χ0n) is 22.2. The summed E-state index contributed by atoms with van der Waals surface area (Å²) in [5.41, 5.74) is 2.25. The number of aromatic carboxylic acids is 1. The fourth-order valence-electron chi connectivity index (χ4n) is 4.76. The minimum Gasteiger partial charge on any atom is -0.476 e. The molecule has 5 aromatic rings. The monoisotopic (exact) mass is 549 g/mol. The number of halogens is 3. The van der Waals surface area contributed by atoms with Crippen LogP contribution >= 0.6 is 0 Å². The molecule has 0 saturated heterocycles. The number of carboxylic acids is 1. The van der Waals surface area contributed by atoms with Gasteiger partial charge in [0.1, 0.15) is 11.3 Å². The van der Waals surface area contributed by atoms with E-state index in [0.717, 1.165) is 17.3 Å². The molecule has 0 spiro atoms. The molecule has 40 heavy (non-hydrogen) atoms. The molecule has 0 aliphatic heterocycles. The first kappa shape index (κ1) is 26.9. The second-order valence-electron chi connectivity index (χ2n) is 9.84. The summed E-state index contributed by atoms with van der Waals surface area (Å²) in [4.78, 5) is 25.1. The van der Waals surface area contributed by atoms with Crippen LogP contribution in [0.1, 0.15) is 47.1 Å². The number of hydrogen-bond acceptors (Lipinski definition) is 5. The Morgan fingerprint density at radius 2 is 1.70 bits per heavy atom. The van der Waals surface area contributed by atoms with Crippen LogP contribution in [0.5, 0.6) is 0 Å². The zero-order valence-corrected chi connectivity index (χ0v) is 22.2. The summed E-state index contributed by atoms with van der Waals surface area (Å²) in [5, 5.41) is 18.7. The molecule has 0 aliphatic carbocycles. The van der Waals surface area contributed by atoms with E-state index >= 15 is 0 Å². The summed E-state index contributed by atoms with van der Waals surface area (Å²) >= 11 is 0. The third-order valence-corrected chi connectivity index (χ3v) is 6.78. The van der Waals surface area contributed by atoms with Gasteiger partial charge in [0.05, 0.1) is 6.54 Å². The highest BCUT2D eigenvalue weighted by Gasteiger charge is 2.34. The molecule has 9 nitrogen and oxygen atoms in total. The van der Waals surface area contributed by atoms with E-state index in [9.17, 15) is 23.1 Å². The Kier molecular flexibility index (Phi) is 6.56. The second-order valence-corrected chi connectivity index (χ2v) is 9.84. The molecule has 0 radical (unpaired) electrons. The lowest BCUT2D eigenvalue weighted by molar-refractivity contribution is -0.140. The van der Waals surface area contributed by atoms with Gasteiger partial charge in [-0.25, -0.2) is 19.7 Å². The van der Waals surface area contributed by atoms with Crippen molar-refractivity contribution in [2.24, 2.45) is 14.1 Å². The number of hydrogen-bond donors (Lipinski definition) is 2. The largest absolute Gasteiger partial charge is 0.476 e. The highest BCUT2D eigenvalue weighted by atomic mass is 19.4. The van der Waals surface area contributed by atoms with Gasteiger partial charge in [0, 0.05) is 31.4 Å². The van der Waals surface area contributed by atoms with Crippen molar-refractivity contribution in [1.29, 1.82) is 5.41 Å². The topological polar surface area (TPSA) is 115 Å². The van der Waals surface area contributed by atoms with Crippen molar-refractivity contribution in [3.05, 3.63) is 82.9 Å². The third-order valence-electron chi connectivity index (χ3n) is 6.78. The zero-order chi connectivity index (χ0) is 28.9. The predicted molar refractivity (Wildman–Crippen MR) is 142 cm³/mol. The molecule has 0 atom stereocenters. The normalized spacial score (nSPS) is 12.0. The Bertz CT molecular complexity index is 1810. The maximum Gasteiger partial charge on any atom is 0.434 e. The van der Waals surface area contributed by atoms with E-state index in [4.69, 9.17) is 10.4 Å². The summed E-state index contributed by atoms with van der Waals surface area (Å²) < 4.78 is 43.6. The van der Waals surface area contributed by atoms with Crippen molar-refractivity contribution in [3.63, 3.8) is 0 Å². The van der Waals surface area contributed by atoms with E-state index in [2.05, 4.69) is 9.97 Å². The van der Waals surface area contributed by atoms with Crippen molar-refractivity contribution in [3.8, 4) is 22.8 Å². The SMILES string of the molecule is CC(C)c1ccccc1-c1nc(C(=O)O)c2c(n1)n(Cc1ccc(-c3nc(C(F)(F)F)cn3C)cc1)c(=N)n2C. The van der Waals surface area contributed by atoms with Gasteiger partial charge >= 0.3 is 12.1 Å². The summed E-state index contributed by atoms with van der Waals surface area (Å²) in [6, 6.07) is 14.3. The van der Waals surface area contributed by atoms with E-state index in [1.54, 1.807) is 35.9 Å². The average Bonchev–Trinajstić information content (AvgIpc) is 3.42. The Labute approximate surface area is 226 Å². The van der Waals surface area contributed by atoms with E-state index < -0.39 is 17.8 Å². The van der Waals surface area contributed by atoms with E-state index in [1.807, 2.05) is 38.1 Å². The lowest BCUT2D eigenvalue weighted by Crippen LogP contribution is -2.23. The lowest BCUT2D eigenvalue weighted by atomic mass is 9.97. The number of carboxylic acid groups (broad SMARTS) is 1. The smallest absolute Gasteiger partial charge is 0.434 e. The highest BCUT2D eigenvalue weighted by Crippen LogP contribution is 2.31. The van der Waals surface area contributed by atoms with Gasteiger partial charge in [0.15, 0.2) is 22.9 Å². The number of aromatic nitrogens is 6. The maximum absolute atomic E-state index is 13.1. The van der Waals surface area contributed by atoms with Gasteiger partial charge < -0.3 is 14.2 Å². The van der Waals surface area contributed by atoms with Crippen molar-refractivity contribution < 1.29 is 23.1 Å². The second kappa shape index (κ2) is 9.78. The first-order valence-corrected chi connectivity index (χ1v) is 12.4. The van der Waals surface area contributed by atoms with Gasteiger partial charge in [-0.15, -0.1) is 0 Å². The van der Waals surface area contributed by atoms with Gasteiger partial charge in [0.25, 0.3) is 0 Å². The first-order chi connectivity index (χ1) is 18.9. The average molecular weight is 550 g/mol. The fraction of sp³-hybridized carbons (Fsp3) is 0.250. The number of fused-ring (bicyclic) bond motifs is 1. The van der Waals surface area contributed by atoms with Crippen LogP contribution in [0.4, 0.5) is 13.2 Å². The van der Waals surface area contributed by atoms with Crippen LogP contribution < -0.4 is 5.62 Å². The number of alkyl halides is 3. The standard InChI is InChI=1S/C28H26F3N7O2/c1-15(2)18-7-5-6-8-19(18)23-34-21(26(39)40)22-25(35-23)38(27(32)37(22)4)13-16-9-11-17(12-10-16)24-33-20(14-36(24)3)28(29,30)31/h5-12,14-15,32H,13H2,1-4H3,(H,39,40). The van der Waals surface area contributed by atoms with Crippen LogP contribution in [0.2, 0.25) is 0 Å². The van der Waals surface area contributed by atoms with E-state index in [0.29, 0.717) is 11.1 Å². The molecule has 3 heterocycles. The van der Waals surface area contributed by atoms with Crippen LogP contribution in [0.25, 0.3) is 33.9 Å². The Balaban J connectivity index is 1.60. The molecule has 0 aliphatic rings. The summed E-state index contributed by atoms with van der Waals surface area (Å²) in [7, 11) is 3.08. The third kappa shape index (κ3) is 4.65. The van der Waals surface area contributed by atoms with Gasteiger partial charge in [-0.05, 0) is 17.0 Å². The quantitative estimate of drug-likeness (QED) is 0.302. The molecule has 0 unspecified atom stereocenters. The minimum absolute atomic E-state index is 0.0177. The Hall–Kier alpha value is -4.74. The number of aryl methyl sites for hydroxylation is 2. The minimum atomic E-state index is -4.54. The molecule has 206 valence electrons. The summed E-state index contributed by atoms with van der Waals surface area (Å²) in [6.07, 6.45) is -3.60. The first-order valence-electron chi connectivity index (χ1n) is 12.4. The number of imidazole rings is 2. The molecule has 0 saturated carbocycles. The molecular weight excluding hydrogens is 523 g/mol. The molecule has 2 aromatic carbocycles. The van der Waals surface area contributed by atoms with Gasteiger partial charge in [0.2, 0.25) is 5.62 Å². The van der Waals surface area contributed by atoms with E-state index in [-0.39, 0.29) is 46.6 Å². The number of benzene rings is 2. The predicted octanol–water partition coefficient (Wildman–Crippen LogP) is 5.21. The highest BCUT2D eigenvalue weighted by molar-refractivity contribution is 5.99. The van der Waals surface area contributed by atoms with Crippen molar-refractivity contribution in [1.82, 2.24) is 28.7 Å².